The van der Waals surface area contributed by atoms with Crippen molar-refractivity contribution in [1.29, 1.82) is 0 Å². The highest BCUT2D eigenvalue weighted by atomic mass is 19.4. The van der Waals surface area contributed by atoms with Crippen molar-refractivity contribution in [1.82, 2.24) is 5.32 Å². The van der Waals surface area contributed by atoms with E-state index in [9.17, 15) is 22.8 Å². The van der Waals surface area contributed by atoms with Gasteiger partial charge >= 0.3 is 6.18 Å². The molecule has 1 aliphatic carbocycles. The van der Waals surface area contributed by atoms with E-state index in [0.29, 0.717) is 12.2 Å². The van der Waals surface area contributed by atoms with Gasteiger partial charge in [0.15, 0.2) is 0 Å². The minimum Gasteiger partial charge on any atom is -0.343 e. The van der Waals surface area contributed by atoms with Crippen molar-refractivity contribution in [3.05, 3.63) is 29.3 Å². The SMILES string of the molecule is Cc1ccc(C(=O)NCC(F)(F)F)cc1NC(=O)[C@@H]1CCC[C@@H]1CN. The molecule has 0 saturated heterocycles. The fraction of sp³-hybridized carbons (Fsp3) is 0.529. The van der Waals surface area contributed by atoms with E-state index < -0.39 is 18.6 Å². The lowest BCUT2D eigenvalue weighted by atomic mass is 9.95. The quantitative estimate of drug-likeness (QED) is 0.757. The standard InChI is InChI=1S/C17H22F3N3O2/c1-10-5-6-11(15(24)22-9-17(18,19)20)7-14(10)23-16(25)13-4-2-3-12(13)8-21/h5-7,12-13H,2-4,8-9,21H2,1H3,(H,22,24)(H,23,25)/t12-,13-/m1/s1. The van der Waals surface area contributed by atoms with Gasteiger partial charge in [-0.1, -0.05) is 12.5 Å². The molecule has 1 aromatic carbocycles. The van der Waals surface area contributed by atoms with Gasteiger partial charge in [-0.3, -0.25) is 9.59 Å². The third-order valence-electron chi connectivity index (χ3n) is 4.51. The van der Waals surface area contributed by atoms with Gasteiger partial charge in [0.25, 0.3) is 5.91 Å². The summed E-state index contributed by atoms with van der Waals surface area (Å²) in [6, 6.07) is 4.41. The normalized spacial score (nSPS) is 20.4. The lowest BCUT2D eigenvalue weighted by Gasteiger charge is -2.18. The first kappa shape index (κ1) is 19.2. The van der Waals surface area contributed by atoms with Gasteiger partial charge in [0.05, 0.1) is 0 Å². The summed E-state index contributed by atoms with van der Waals surface area (Å²) in [5, 5.41) is 4.60. The van der Waals surface area contributed by atoms with Gasteiger partial charge in [0, 0.05) is 17.2 Å². The van der Waals surface area contributed by atoms with Crippen LogP contribution >= 0.6 is 0 Å². The predicted octanol–water partition coefficient (Wildman–Crippen LogP) is 2.60. The Balaban J connectivity index is 2.08. The number of carbonyl (C=O) groups excluding carboxylic acids is 2. The second-order valence-electron chi connectivity index (χ2n) is 6.35. The minimum atomic E-state index is -4.48. The zero-order valence-electron chi connectivity index (χ0n) is 14.0. The number of nitrogens with two attached hydrogens (primary N) is 1. The molecule has 1 fully saturated rings. The average molecular weight is 357 g/mol. The van der Waals surface area contributed by atoms with Gasteiger partial charge < -0.3 is 16.4 Å². The Hall–Kier alpha value is -2.09. The molecule has 8 heteroatoms. The van der Waals surface area contributed by atoms with E-state index in [2.05, 4.69) is 5.32 Å². The van der Waals surface area contributed by atoms with Crippen LogP contribution in [0, 0.1) is 18.8 Å². The molecule has 5 nitrogen and oxygen atoms in total. The molecule has 2 amide bonds. The van der Waals surface area contributed by atoms with Crippen molar-refractivity contribution < 1.29 is 22.8 Å². The van der Waals surface area contributed by atoms with Crippen LogP contribution in [-0.4, -0.2) is 31.1 Å². The zero-order chi connectivity index (χ0) is 18.6. The Morgan fingerprint density at radius 2 is 2.00 bits per heavy atom. The molecule has 0 spiro atoms. The number of nitrogens with one attached hydrogen (secondary N) is 2. The summed E-state index contributed by atoms with van der Waals surface area (Å²) >= 11 is 0. The first-order chi connectivity index (χ1) is 11.7. The number of halogens is 3. The van der Waals surface area contributed by atoms with Crippen LogP contribution in [0.15, 0.2) is 18.2 Å². The van der Waals surface area contributed by atoms with Crippen molar-refractivity contribution in [2.75, 3.05) is 18.4 Å². The van der Waals surface area contributed by atoms with Crippen molar-refractivity contribution in [3.63, 3.8) is 0 Å². The van der Waals surface area contributed by atoms with Crippen molar-refractivity contribution >= 4 is 17.5 Å². The molecule has 1 aliphatic rings. The molecule has 4 N–H and O–H groups in total. The van der Waals surface area contributed by atoms with E-state index in [4.69, 9.17) is 5.73 Å². The van der Waals surface area contributed by atoms with Crippen LogP contribution < -0.4 is 16.4 Å². The lowest BCUT2D eigenvalue weighted by molar-refractivity contribution is -0.123. The van der Waals surface area contributed by atoms with Crippen LogP contribution in [0.2, 0.25) is 0 Å². The third-order valence-corrected chi connectivity index (χ3v) is 4.51. The molecule has 2 atom stereocenters. The number of hydrogen-bond acceptors (Lipinski definition) is 3. The molecular formula is C17H22F3N3O2. The Kier molecular flexibility index (Phi) is 6.05. The molecular weight excluding hydrogens is 335 g/mol. The summed E-state index contributed by atoms with van der Waals surface area (Å²) in [5.41, 5.74) is 6.90. The highest BCUT2D eigenvalue weighted by Crippen LogP contribution is 2.32. The highest BCUT2D eigenvalue weighted by Gasteiger charge is 2.32. The Labute approximate surface area is 144 Å². The third kappa shape index (κ3) is 5.19. The van der Waals surface area contributed by atoms with E-state index in [1.807, 2.05) is 5.32 Å². The molecule has 0 radical (unpaired) electrons. The van der Waals surface area contributed by atoms with E-state index in [1.54, 1.807) is 13.0 Å². The second-order valence-corrected chi connectivity index (χ2v) is 6.35. The van der Waals surface area contributed by atoms with E-state index in [-0.39, 0.29) is 23.3 Å². The first-order valence-corrected chi connectivity index (χ1v) is 8.18. The molecule has 0 aliphatic heterocycles. The summed E-state index contributed by atoms with van der Waals surface area (Å²) in [6.07, 6.45) is -1.86. The Morgan fingerprint density at radius 1 is 1.28 bits per heavy atom. The number of hydrogen-bond donors (Lipinski definition) is 3. The van der Waals surface area contributed by atoms with Crippen LogP contribution in [0.25, 0.3) is 0 Å². The molecule has 0 unspecified atom stereocenters. The monoisotopic (exact) mass is 357 g/mol. The maximum Gasteiger partial charge on any atom is 0.405 e. The van der Waals surface area contributed by atoms with Gasteiger partial charge in [0.2, 0.25) is 5.91 Å². The number of anilines is 1. The summed E-state index contributed by atoms with van der Waals surface area (Å²) in [5.74, 6) is -1.04. The molecule has 25 heavy (non-hydrogen) atoms. The minimum absolute atomic E-state index is 0.0620. The van der Waals surface area contributed by atoms with Crippen LogP contribution in [-0.2, 0) is 4.79 Å². The maximum atomic E-state index is 12.5. The first-order valence-electron chi connectivity index (χ1n) is 8.18. The Morgan fingerprint density at radius 3 is 2.64 bits per heavy atom. The highest BCUT2D eigenvalue weighted by molar-refractivity contribution is 5.98. The van der Waals surface area contributed by atoms with Gasteiger partial charge in [-0.15, -0.1) is 0 Å². The second kappa shape index (κ2) is 7.86. The molecule has 138 valence electrons. The zero-order valence-corrected chi connectivity index (χ0v) is 14.0. The van der Waals surface area contributed by atoms with Gasteiger partial charge in [-0.25, -0.2) is 0 Å². The Bertz CT molecular complexity index is 647. The molecule has 0 heterocycles. The van der Waals surface area contributed by atoms with Crippen LogP contribution in [0.5, 0.6) is 0 Å². The molecule has 0 aromatic heterocycles. The summed E-state index contributed by atoms with van der Waals surface area (Å²) < 4.78 is 36.6. The number of benzene rings is 1. The van der Waals surface area contributed by atoms with E-state index >= 15 is 0 Å². The van der Waals surface area contributed by atoms with Crippen LogP contribution in [0.1, 0.15) is 35.2 Å². The average Bonchev–Trinajstić information content (AvgIpc) is 3.02. The summed E-state index contributed by atoms with van der Waals surface area (Å²) in [4.78, 5) is 24.3. The molecule has 2 rings (SSSR count). The number of carbonyl (C=O) groups is 2. The van der Waals surface area contributed by atoms with Crippen molar-refractivity contribution in [3.8, 4) is 0 Å². The smallest absolute Gasteiger partial charge is 0.343 e. The fourth-order valence-corrected chi connectivity index (χ4v) is 3.07. The van der Waals surface area contributed by atoms with Gasteiger partial charge in [0.1, 0.15) is 6.54 Å². The van der Waals surface area contributed by atoms with E-state index in [0.717, 1.165) is 24.8 Å². The van der Waals surface area contributed by atoms with E-state index in [1.165, 1.54) is 12.1 Å². The summed E-state index contributed by atoms with van der Waals surface area (Å²) in [7, 11) is 0. The molecule has 1 saturated carbocycles. The largest absolute Gasteiger partial charge is 0.405 e. The number of amides is 2. The van der Waals surface area contributed by atoms with Crippen LogP contribution in [0.3, 0.4) is 0 Å². The van der Waals surface area contributed by atoms with Crippen molar-refractivity contribution in [2.45, 2.75) is 32.4 Å². The molecule has 0 bridgehead atoms. The lowest BCUT2D eigenvalue weighted by Crippen LogP contribution is -2.34. The number of aryl methyl sites for hydroxylation is 1. The van der Waals surface area contributed by atoms with Gasteiger partial charge in [-0.05, 0) is 49.9 Å². The number of alkyl halides is 3. The summed E-state index contributed by atoms with van der Waals surface area (Å²) in [6.45, 7) is 0.792. The maximum absolute atomic E-state index is 12.5. The fourth-order valence-electron chi connectivity index (χ4n) is 3.07. The van der Waals surface area contributed by atoms with Gasteiger partial charge in [-0.2, -0.15) is 13.2 Å². The van der Waals surface area contributed by atoms with Crippen molar-refractivity contribution in [2.24, 2.45) is 17.6 Å². The predicted molar refractivity (Wildman–Crippen MR) is 88.1 cm³/mol. The molecule has 1 aromatic rings. The van der Waals surface area contributed by atoms with Crippen LogP contribution in [0.4, 0.5) is 18.9 Å². The topological polar surface area (TPSA) is 84.2 Å². The number of rotatable bonds is 5.